The topological polar surface area (TPSA) is 82.5 Å². The predicted molar refractivity (Wildman–Crippen MR) is 72.0 cm³/mol. The molecule has 1 rings (SSSR count). The van der Waals surface area contributed by atoms with Gasteiger partial charge in [-0.25, -0.2) is 4.79 Å². The normalized spacial score (nSPS) is 12.0. The maximum atomic E-state index is 11.9. The molecule has 0 radical (unpaired) electrons. The first-order valence-electron chi connectivity index (χ1n) is 6.08. The number of rotatable bonds is 5. The molecular weight excluding hydrogens is 246 g/mol. The maximum absolute atomic E-state index is 11.9. The SMILES string of the molecule is CC(C)C(CNC(=O)N(C)c1cccnc1)C(=O)O. The first-order valence-corrected chi connectivity index (χ1v) is 6.08. The third-order valence-corrected chi connectivity index (χ3v) is 2.93. The molecule has 0 saturated carbocycles. The molecule has 6 nitrogen and oxygen atoms in total. The summed E-state index contributed by atoms with van der Waals surface area (Å²) in [5, 5.41) is 11.7. The molecular formula is C13H19N3O3. The first kappa shape index (κ1) is 14.9. The van der Waals surface area contributed by atoms with E-state index in [1.165, 1.54) is 4.90 Å². The van der Waals surface area contributed by atoms with Crippen molar-refractivity contribution in [3.63, 3.8) is 0 Å². The van der Waals surface area contributed by atoms with Crippen LogP contribution in [0.5, 0.6) is 0 Å². The fourth-order valence-electron chi connectivity index (χ4n) is 1.59. The van der Waals surface area contributed by atoms with Crippen LogP contribution >= 0.6 is 0 Å². The third kappa shape index (κ3) is 4.24. The number of pyridine rings is 1. The highest BCUT2D eigenvalue weighted by Gasteiger charge is 2.22. The molecule has 1 atom stereocenters. The molecule has 0 fully saturated rings. The standard InChI is InChI=1S/C13H19N3O3/c1-9(2)11(12(17)18)8-15-13(19)16(3)10-5-4-6-14-7-10/h4-7,9,11H,8H2,1-3H3,(H,15,19)(H,17,18). The van der Waals surface area contributed by atoms with Crippen molar-refractivity contribution >= 4 is 17.7 Å². The maximum Gasteiger partial charge on any atom is 0.321 e. The minimum atomic E-state index is -0.903. The average Bonchev–Trinajstić information content (AvgIpc) is 2.38. The second kappa shape index (κ2) is 6.72. The number of carboxylic acid groups (broad SMARTS) is 1. The zero-order valence-corrected chi connectivity index (χ0v) is 11.3. The van der Waals surface area contributed by atoms with Crippen molar-refractivity contribution in [1.29, 1.82) is 0 Å². The summed E-state index contributed by atoms with van der Waals surface area (Å²) in [6, 6.07) is 3.14. The summed E-state index contributed by atoms with van der Waals surface area (Å²) in [6.07, 6.45) is 3.19. The van der Waals surface area contributed by atoms with Crippen LogP contribution in [0.2, 0.25) is 0 Å². The number of carbonyl (C=O) groups is 2. The Balaban J connectivity index is 2.58. The molecule has 1 heterocycles. The molecule has 0 aliphatic heterocycles. The number of hydrogen-bond donors (Lipinski definition) is 2. The number of urea groups is 1. The van der Waals surface area contributed by atoms with Crippen LogP contribution < -0.4 is 10.2 Å². The third-order valence-electron chi connectivity index (χ3n) is 2.93. The fourth-order valence-corrected chi connectivity index (χ4v) is 1.59. The summed E-state index contributed by atoms with van der Waals surface area (Å²) >= 11 is 0. The minimum Gasteiger partial charge on any atom is -0.481 e. The Labute approximate surface area is 112 Å². The molecule has 0 saturated heterocycles. The van der Waals surface area contributed by atoms with E-state index in [0.29, 0.717) is 5.69 Å². The van der Waals surface area contributed by atoms with Crippen molar-refractivity contribution in [1.82, 2.24) is 10.3 Å². The van der Waals surface area contributed by atoms with Gasteiger partial charge in [-0.1, -0.05) is 13.8 Å². The molecule has 1 aromatic rings. The minimum absolute atomic E-state index is 0.0403. The molecule has 0 aliphatic carbocycles. The van der Waals surface area contributed by atoms with Gasteiger partial charge in [-0.05, 0) is 18.1 Å². The van der Waals surface area contributed by atoms with Gasteiger partial charge in [0.05, 0.1) is 17.8 Å². The molecule has 1 unspecified atom stereocenters. The summed E-state index contributed by atoms with van der Waals surface area (Å²) in [7, 11) is 1.61. The number of aliphatic carboxylic acids is 1. The Morgan fingerprint density at radius 2 is 2.16 bits per heavy atom. The Morgan fingerprint density at radius 3 is 2.63 bits per heavy atom. The van der Waals surface area contributed by atoms with E-state index in [4.69, 9.17) is 5.11 Å². The van der Waals surface area contributed by atoms with Crippen LogP contribution in [0.15, 0.2) is 24.5 Å². The van der Waals surface area contributed by atoms with E-state index in [-0.39, 0.29) is 18.5 Å². The van der Waals surface area contributed by atoms with Gasteiger partial charge < -0.3 is 10.4 Å². The van der Waals surface area contributed by atoms with E-state index >= 15 is 0 Å². The number of anilines is 1. The lowest BCUT2D eigenvalue weighted by molar-refractivity contribution is -0.142. The number of carboxylic acids is 1. The van der Waals surface area contributed by atoms with Gasteiger partial charge in [0.15, 0.2) is 0 Å². The van der Waals surface area contributed by atoms with Gasteiger partial charge >= 0.3 is 12.0 Å². The van der Waals surface area contributed by atoms with Crippen LogP contribution in [0.3, 0.4) is 0 Å². The highest BCUT2D eigenvalue weighted by atomic mass is 16.4. The summed E-state index contributed by atoms with van der Waals surface area (Å²) in [4.78, 5) is 28.2. The van der Waals surface area contributed by atoms with Crippen LogP contribution in [-0.2, 0) is 4.79 Å². The lowest BCUT2D eigenvalue weighted by Crippen LogP contribution is -2.42. The number of amides is 2. The van der Waals surface area contributed by atoms with Gasteiger partial charge in [-0.2, -0.15) is 0 Å². The number of nitrogens with one attached hydrogen (secondary N) is 1. The first-order chi connectivity index (χ1) is 8.93. The lowest BCUT2D eigenvalue weighted by Gasteiger charge is -2.21. The average molecular weight is 265 g/mol. The molecule has 104 valence electrons. The number of aromatic nitrogens is 1. The summed E-state index contributed by atoms with van der Waals surface area (Å²) in [6.45, 7) is 3.74. The highest BCUT2D eigenvalue weighted by molar-refractivity contribution is 5.91. The molecule has 0 aliphatic rings. The molecule has 2 N–H and O–H groups in total. The Hall–Kier alpha value is -2.11. The summed E-state index contributed by atoms with van der Waals surface area (Å²) in [5.41, 5.74) is 0.649. The number of nitrogens with zero attached hydrogens (tertiary/aromatic N) is 2. The molecule has 6 heteroatoms. The van der Waals surface area contributed by atoms with Gasteiger partial charge in [0.25, 0.3) is 0 Å². The van der Waals surface area contributed by atoms with Crippen molar-refractivity contribution in [3.05, 3.63) is 24.5 Å². The largest absolute Gasteiger partial charge is 0.481 e. The number of carbonyl (C=O) groups excluding carboxylic acids is 1. The fraction of sp³-hybridized carbons (Fsp3) is 0.462. The summed E-state index contributed by atoms with van der Waals surface area (Å²) in [5.74, 6) is -1.54. The van der Waals surface area contributed by atoms with Gasteiger partial charge in [-0.3, -0.25) is 14.7 Å². The van der Waals surface area contributed by atoms with Crippen molar-refractivity contribution in [2.45, 2.75) is 13.8 Å². The molecule has 19 heavy (non-hydrogen) atoms. The second-order valence-electron chi connectivity index (χ2n) is 4.65. The summed E-state index contributed by atoms with van der Waals surface area (Å²) < 4.78 is 0. The van der Waals surface area contributed by atoms with Crippen molar-refractivity contribution in [3.8, 4) is 0 Å². The van der Waals surface area contributed by atoms with Gasteiger partial charge in [0.1, 0.15) is 0 Å². The molecule has 0 spiro atoms. The second-order valence-corrected chi connectivity index (χ2v) is 4.65. The van der Waals surface area contributed by atoms with Crippen molar-refractivity contribution < 1.29 is 14.7 Å². The molecule has 1 aromatic heterocycles. The van der Waals surface area contributed by atoms with Crippen LogP contribution in [0.25, 0.3) is 0 Å². The predicted octanol–water partition coefficient (Wildman–Crippen LogP) is 1.58. The lowest BCUT2D eigenvalue weighted by atomic mass is 9.96. The van der Waals surface area contributed by atoms with E-state index in [2.05, 4.69) is 10.3 Å². The zero-order valence-electron chi connectivity index (χ0n) is 11.3. The Bertz CT molecular complexity index is 434. The van der Waals surface area contributed by atoms with Crippen molar-refractivity contribution in [2.24, 2.45) is 11.8 Å². The Kier molecular flexibility index (Phi) is 5.29. The van der Waals surface area contributed by atoms with E-state index in [1.54, 1.807) is 31.6 Å². The molecule has 0 bridgehead atoms. The van der Waals surface area contributed by atoms with Crippen molar-refractivity contribution in [2.75, 3.05) is 18.5 Å². The molecule has 2 amide bonds. The zero-order chi connectivity index (χ0) is 14.4. The van der Waals surface area contributed by atoms with Gasteiger partial charge in [0, 0.05) is 19.8 Å². The van der Waals surface area contributed by atoms with Crippen LogP contribution in [-0.4, -0.2) is 35.7 Å². The van der Waals surface area contributed by atoms with E-state index in [9.17, 15) is 9.59 Å². The Morgan fingerprint density at radius 1 is 1.47 bits per heavy atom. The van der Waals surface area contributed by atoms with E-state index < -0.39 is 11.9 Å². The van der Waals surface area contributed by atoms with Crippen LogP contribution in [0.1, 0.15) is 13.8 Å². The smallest absolute Gasteiger partial charge is 0.321 e. The highest BCUT2D eigenvalue weighted by Crippen LogP contribution is 2.11. The van der Waals surface area contributed by atoms with Crippen LogP contribution in [0, 0.1) is 11.8 Å². The van der Waals surface area contributed by atoms with Gasteiger partial charge in [-0.15, -0.1) is 0 Å². The van der Waals surface area contributed by atoms with Crippen LogP contribution in [0.4, 0.5) is 10.5 Å². The molecule has 0 aromatic carbocycles. The van der Waals surface area contributed by atoms with Gasteiger partial charge in [0.2, 0.25) is 0 Å². The van der Waals surface area contributed by atoms with E-state index in [0.717, 1.165) is 0 Å². The number of hydrogen-bond acceptors (Lipinski definition) is 3. The van der Waals surface area contributed by atoms with E-state index in [1.807, 2.05) is 13.8 Å². The quantitative estimate of drug-likeness (QED) is 0.846. The monoisotopic (exact) mass is 265 g/mol.